The molecule has 2 aromatic rings. The predicted molar refractivity (Wildman–Crippen MR) is 139 cm³/mol. The summed E-state index contributed by atoms with van der Waals surface area (Å²) in [7, 11) is 0. The molecule has 0 N–H and O–H groups in total. The van der Waals surface area contributed by atoms with E-state index in [-0.39, 0.29) is 11.0 Å². The largest absolute Gasteiger partial charge is 0.372 e. The molecule has 0 radical (unpaired) electrons. The highest BCUT2D eigenvalue weighted by molar-refractivity contribution is 5.84. The Morgan fingerprint density at radius 2 is 1.79 bits per heavy atom. The molecule has 180 valence electrons. The number of allylic oxidation sites excluding steroid dienone is 3. The van der Waals surface area contributed by atoms with Crippen LogP contribution in [0.2, 0.25) is 0 Å². The molecular formula is C31H40N2O. The van der Waals surface area contributed by atoms with Gasteiger partial charge in [0.15, 0.2) is 0 Å². The number of rotatable bonds is 2. The summed E-state index contributed by atoms with van der Waals surface area (Å²) in [5.41, 5.74) is 6.28. The van der Waals surface area contributed by atoms with Gasteiger partial charge in [0.1, 0.15) is 6.33 Å². The Kier molecular flexibility index (Phi) is 5.12. The Balaban J connectivity index is 1.26. The highest BCUT2D eigenvalue weighted by Crippen LogP contribution is 2.66. The minimum Gasteiger partial charge on any atom is -0.372 e. The second-order valence-electron chi connectivity index (χ2n) is 13.0. The Morgan fingerprint density at radius 1 is 0.971 bits per heavy atom. The van der Waals surface area contributed by atoms with Gasteiger partial charge in [-0.25, -0.2) is 9.97 Å². The Bertz CT molecular complexity index is 1170. The average Bonchev–Trinajstić information content (AvgIpc) is 3.15. The zero-order valence-electron chi connectivity index (χ0n) is 21.6. The van der Waals surface area contributed by atoms with Crippen LogP contribution in [0.15, 0.2) is 48.4 Å². The molecule has 0 saturated heterocycles. The molecular weight excluding hydrogens is 416 g/mol. The lowest BCUT2D eigenvalue weighted by atomic mass is 9.47. The summed E-state index contributed by atoms with van der Waals surface area (Å²) in [5.74, 6) is 2.37. The molecule has 1 aromatic heterocycles. The van der Waals surface area contributed by atoms with E-state index in [1.807, 2.05) is 6.20 Å². The van der Waals surface area contributed by atoms with Gasteiger partial charge in [0.25, 0.3) is 0 Å². The SMILES string of the molecule is CC(C)(C)O[C@H]1CC[C@@]2(C)C(=CC[C@@H]3[C@@H]2CC[C@]2(C)C(c4ccc5ncncc5c4)=CC[C@@H]32)C1. The number of benzene rings is 1. The highest BCUT2D eigenvalue weighted by Gasteiger charge is 2.57. The van der Waals surface area contributed by atoms with Crippen molar-refractivity contribution in [2.24, 2.45) is 28.6 Å². The Labute approximate surface area is 205 Å². The number of hydrogen-bond donors (Lipinski definition) is 0. The zero-order valence-corrected chi connectivity index (χ0v) is 21.6. The molecule has 4 aliphatic rings. The van der Waals surface area contributed by atoms with Gasteiger partial charge < -0.3 is 4.74 Å². The molecule has 6 rings (SSSR count). The molecule has 0 bridgehead atoms. The van der Waals surface area contributed by atoms with Crippen molar-refractivity contribution in [2.45, 2.75) is 91.3 Å². The van der Waals surface area contributed by atoms with E-state index < -0.39 is 0 Å². The molecule has 1 aromatic carbocycles. The number of nitrogens with zero attached hydrogens (tertiary/aromatic N) is 2. The molecule has 34 heavy (non-hydrogen) atoms. The van der Waals surface area contributed by atoms with Gasteiger partial charge in [0, 0.05) is 11.6 Å². The molecule has 4 aliphatic carbocycles. The van der Waals surface area contributed by atoms with E-state index in [4.69, 9.17) is 4.74 Å². The first-order valence-corrected chi connectivity index (χ1v) is 13.5. The van der Waals surface area contributed by atoms with Crippen molar-refractivity contribution in [3.63, 3.8) is 0 Å². The van der Waals surface area contributed by atoms with Gasteiger partial charge in [0.05, 0.1) is 17.2 Å². The number of aromatic nitrogens is 2. The van der Waals surface area contributed by atoms with Crippen molar-refractivity contribution in [1.82, 2.24) is 9.97 Å². The molecule has 0 amide bonds. The first-order valence-electron chi connectivity index (χ1n) is 13.5. The van der Waals surface area contributed by atoms with Gasteiger partial charge in [-0.1, -0.05) is 37.6 Å². The fourth-order valence-corrected chi connectivity index (χ4v) is 8.40. The highest BCUT2D eigenvalue weighted by atomic mass is 16.5. The standard InChI is InChI=1S/C31H40N2O/c1-29(2,3)34-23-12-14-30(4)22(17-23)7-8-24-26-10-9-25(31(26,5)15-13-27(24)30)20-6-11-28-21(16-20)18-32-19-33-28/h6-7,9,11,16,18-19,23-24,26-27H,8,10,12-15,17H2,1-5H3/t23-,24-,26-,27-,30-,31+/m0/s1. The molecule has 2 saturated carbocycles. The van der Waals surface area contributed by atoms with Gasteiger partial charge in [-0.15, -0.1) is 0 Å². The lowest BCUT2D eigenvalue weighted by Gasteiger charge is -2.58. The Hall–Kier alpha value is -2.00. The first-order chi connectivity index (χ1) is 16.2. The maximum Gasteiger partial charge on any atom is 0.116 e. The molecule has 0 spiro atoms. The average molecular weight is 457 g/mol. The van der Waals surface area contributed by atoms with Crippen LogP contribution >= 0.6 is 0 Å². The zero-order chi connectivity index (χ0) is 23.7. The van der Waals surface area contributed by atoms with Crippen LogP contribution in [0, 0.1) is 28.6 Å². The molecule has 3 nitrogen and oxygen atoms in total. The van der Waals surface area contributed by atoms with Crippen molar-refractivity contribution in [3.05, 3.63) is 54.0 Å². The van der Waals surface area contributed by atoms with Gasteiger partial charge in [-0.3, -0.25) is 0 Å². The number of hydrogen-bond acceptors (Lipinski definition) is 3. The van der Waals surface area contributed by atoms with Gasteiger partial charge in [-0.2, -0.15) is 0 Å². The van der Waals surface area contributed by atoms with Crippen molar-refractivity contribution in [1.29, 1.82) is 0 Å². The van der Waals surface area contributed by atoms with Crippen LogP contribution in [0.5, 0.6) is 0 Å². The maximum absolute atomic E-state index is 6.43. The lowest BCUT2D eigenvalue weighted by molar-refractivity contribution is -0.0894. The number of ether oxygens (including phenoxy) is 1. The van der Waals surface area contributed by atoms with E-state index in [0.29, 0.717) is 11.5 Å². The van der Waals surface area contributed by atoms with Crippen molar-refractivity contribution < 1.29 is 4.74 Å². The lowest BCUT2D eigenvalue weighted by Crippen LogP contribution is -2.50. The summed E-state index contributed by atoms with van der Waals surface area (Å²) in [6, 6.07) is 6.78. The van der Waals surface area contributed by atoms with Crippen LogP contribution < -0.4 is 0 Å². The third-order valence-electron chi connectivity index (χ3n) is 9.98. The fraction of sp³-hybridized carbons (Fsp3) is 0.613. The van der Waals surface area contributed by atoms with Crippen LogP contribution in [-0.4, -0.2) is 21.7 Å². The molecule has 1 heterocycles. The minimum absolute atomic E-state index is 0.0520. The van der Waals surface area contributed by atoms with E-state index >= 15 is 0 Å². The van der Waals surface area contributed by atoms with Gasteiger partial charge in [0.2, 0.25) is 0 Å². The van der Waals surface area contributed by atoms with Crippen LogP contribution in [0.3, 0.4) is 0 Å². The van der Waals surface area contributed by atoms with Crippen LogP contribution in [0.25, 0.3) is 16.5 Å². The molecule has 0 unspecified atom stereocenters. The summed E-state index contributed by atoms with van der Waals surface area (Å²) < 4.78 is 6.43. The summed E-state index contributed by atoms with van der Waals surface area (Å²) >= 11 is 0. The molecule has 2 fully saturated rings. The van der Waals surface area contributed by atoms with Crippen molar-refractivity contribution in [2.75, 3.05) is 0 Å². The third-order valence-corrected chi connectivity index (χ3v) is 9.98. The normalized spacial score (nSPS) is 37.4. The van der Waals surface area contributed by atoms with Crippen LogP contribution in [0.4, 0.5) is 0 Å². The Morgan fingerprint density at radius 3 is 2.62 bits per heavy atom. The first kappa shape index (κ1) is 22.5. The quantitative estimate of drug-likeness (QED) is 0.433. The summed E-state index contributed by atoms with van der Waals surface area (Å²) in [6.07, 6.45) is 18.0. The van der Waals surface area contributed by atoms with E-state index in [2.05, 4.69) is 74.9 Å². The summed E-state index contributed by atoms with van der Waals surface area (Å²) in [6.45, 7) is 11.7. The van der Waals surface area contributed by atoms with Gasteiger partial charge >= 0.3 is 0 Å². The monoisotopic (exact) mass is 456 g/mol. The molecule has 0 aliphatic heterocycles. The third kappa shape index (κ3) is 3.49. The van der Waals surface area contributed by atoms with Crippen molar-refractivity contribution in [3.8, 4) is 0 Å². The second-order valence-corrected chi connectivity index (χ2v) is 13.0. The van der Waals surface area contributed by atoms with E-state index in [0.717, 1.165) is 35.1 Å². The molecule has 3 heteroatoms. The fourth-order valence-electron chi connectivity index (χ4n) is 8.40. The van der Waals surface area contributed by atoms with Crippen LogP contribution in [-0.2, 0) is 4.74 Å². The van der Waals surface area contributed by atoms with Crippen molar-refractivity contribution >= 4 is 16.5 Å². The number of fused-ring (bicyclic) bond motifs is 6. The topological polar surface area (TPSA) is 35.0 Å². The van der Waals surface area contributed by atoms with Gasteiger partial charge in [-0.05, 0) is 118 Å². The van der Waals surface area contributed by atoms with Crippen LogP contribution in [0.1, 0.15) is 85.1 Å². The van der Waals surface area contributed by atoms with E-state index in [9.17, 15) is 0 Å². The summed E-state index contributed by atoms with van der Waals surface area (Å²) in [5, 5.41) is 1.15. The summed E-state index contributed by atoms with van der Waals surface area (Å²) in [4.78, 5) is 8.68. The second kappa shape index (κ2) is 7.75. The smallest absolute Gasteiger partial charge is 0.116 e. The maximum atomic E-state index is 6.43. The minimum atomic E-state index is -0.0520. The van der Waals surface area contributed by atoms with E-state index in [1.165, 1.54) is 44.1 Å². The van der Waals surface area contributed by atoms with E-state index in [1.54, 1.807) is 17.5 Å². The predicted octanol–water partition coefficient (Wildman–Crippen LogP) is 7.77. The molecule has 6 atom stereocenters.